The SMILES string of the molecule is NC1CN1N. The Kier molecular flexibility index (Phi) is 0.419. The van der Waals surface area contributed by atoms with E-state index >= 15 is 0 Å². The summed E-state index contributed by atoms with van der Waals surface area (Å²) >= 11 is 0. The van der Waals surface area contributed by atoms with Gasteiger partial charge in [-0.25, -0.2) is 5.01 Å². The summed E-state index contributed by atoms with van der Waals surface area (Å²) in [6.07, 6.45) is 0.162. The van der Waals surface area contributed by atoms with Crippen molar-refractivity contribution in [1.29, 1.82) is 0 Å². The van der Waals surface area contributed by atoms with Crippen molar-refractivity contribution in [3.8, 4) is 0 Å². The van der Waals surface area contributed by atoms with Gasteiger partial charge in [0.15, 0.2) is 0 Å². The first-order valence-electron chi connectivity index (χ1n) is 1.57. The van der Waals surface area contributed by atoms with Crippen LogP contribution in [0.25, 0.3) is 0 Å². The molecule has 0 radical (unpaired) electrons. The summed E-state index contributed by atoms with van der Waals surface area (Å²) in [4.78, 5) is 0. The van der Waals surface area contributed by atoms with Gasteiger partial charge in [0, 0.05) is 6.54 Å². The number of hydrazine groups is 1. The Labute approximate surface area is 30.5 Å². The second-order valence-electron chi connectivity index (χ2n) is 1.26. The number of hydrogen-bond donors (Lipinski definition) is 2. The topological polar surface area (TPSA) is 55.0 Å². The molecule has 0 aromatic carbocycles. The molecule has 0 bridgehead atoms. The van der Waals surface area contributed by atoms with Gasteiger partial charge in [0.2, 0.25) is 0 Å². The van der Waals surface area contributed by atoms with Crippen molar-refractivity contribution in [2.75, 3.05) is 6.54 Å². The van der Waals surface area contributed by atoms with Gasteiger partial charge < -0.3 is 5.73 Å². The zero-order valence-electron chi connectivity index (χ0n) is 2.89. The van der Waals surface area contributed by atoms with Gasteiger partial charge in [-0.2, -0.15) is 0 Å². The number of rotatable bonds is 0. The van der Waals surface area contributed by atoms with Gasteiger partial charge in [-0.15, -0.1) is 0 Å². The molecule has 1 saturated heterocycles. The van der Waals surface area contributed by atoms with E-state index in [2.05, 4.69) is 0 Å². The molecule has 2 atom stereocenters. The maximum atomic E-state index is 5.17. The molecule has 2 unspecified atom stereocenters. The fourth-order valence-electron chi connectivity index (χ4n) is 0.169. The van der Waals surface area contributed by atoms with Crippen LogP contribution in [0.4, 0.5) is 0 Å². The molecule has 1 heterocycles. The quantitative estimate of drug-likeness (QED) is 0.270. The first-order valence-corrected chi connectivity index (χ1v) is 1.57. The Hall–Kier alpha value is -0.120. The highest BCUT2D eigenvalue weighted by Crippen LogP contribution is 1.99. The number of nitrogens with zero attached hydrogens (tertiary/aromatic N) is 1. The molecule has 0 aromatic rings. The van der Waals surface area contributed by atoms with Crippen LogP contribution in [0.15, 0.2) is 0 Å². The molecule has 0 aromatic heterocycles. The van der Waals surface area contributed by atoms with E-state index < -0.39 is 0 Å². The molecular weight excluding hydrogens is 66.0 g/mol. The van der Waals surface area contributed by atoms with Crippen molar-refractivity contribution in [2.24, 2.45) is 11.6 Å². The van der Waals surface area contributed by atoms with E-state index in [0.29, 0.717) is 0 Å². The average molecular weight is 73.1 g/mol. The van der Waals surface area contributed by atoms with Crippen LogP contribution in [0, 0.1) is 0 Å². The van der Waals surface area contributed by atoms with E-state index in [1.54, 1.807) is 5.01 Å². The molecule has 0 spiro atoms. The molecule has 3 nitrogen and oxygen atoms in total. The highest BCUT2D eigenvalue weighted by Gasteiger charge is 2.24. The second-order valence-corrected chi connectivity index (χ2v) is 1.26. The van der Waals surface area contributed by atoms with Gasteiger partial charge in [-0.05, 0) is 0 Å². The van der Waals surface area contributed by atoms with E-state index in [0.717, 1.165) is 6.54 Å². The van der Waals surface area contributed by atoms with E-state index in [4.69, 9.17) is 11.6 Å². The summed E-state index contributed by atoms with van der Waals surface area (Å²) in [5, 5.41) is 1.57. The second kappa shape index (κ2) is 0.680. The summed E-state index contributed by atoms with van der Waals surface area (Å²) in [5.74, 6) is 5.07. The summed E-state index contributed by atoms with van der Waals surface area (Å²) in [6.45, 7) is 0.861. The smallest absolute Gasteiger partial charge is 0.0850 e. The van der Waals surface area contributed by atoms with E-state index in [1.807, 2.05) is 0 Å². The van der Waals surface area contributed by atoms with Crippen LogP contribution >= 0.6 is 0 Å². The van der Waals surface area contributed by atoms with E-state index in [1.165, 1.54) is 0 Å². The van der Waals surface area contributed by atoms with E-state index in [9.17, 15) is 0 Å². The van der Waals surface area contributed by atoms with E-state index in [-0.39, 0.29) is 6.17 Å². The average Bonchev–Trinajstić information content (AvgIpc) is 1.79. The van der Waals surface area contributed by atoms with Crippen LogP contribution in [-0.2, 0) is 0 Å². The molecular formula is C2H7N3. The summed E-state index contributed by atoms with van der Waals surface area (Å²) in [7, 11) is 0. The van der Waals surface area contributed by atoms with Crippen LogP contribution in [0.3, 0.4) is 0 Å². The zero-order chi connectivity index (χ0) is 3.86. The standard InChI is InChI=1S/C2H7N3/c3-2-1-5(2)4/h2H,1,3-4H2. The summed E-state index contributed by atoms with van der Waals surface area (Å²) in [5.41, 5.74) is 5.17. The van der Waals surface area contributed by atoms with Crippen LogP contribution in [-0.4, -0.2) is 17.7 Å². The van der Waals surface area contributed by atoms with Gasteiger partial charge in [0.25, 0.3) is 0 Å². The Balaban J connectivity index is 2.20. The van der Waals surface area contributed by atoms with Crippen LogP contribution in [0.2, 0.25) is 0 Å². The summed E-state index contributed by atoms with van der Waals surface area (Å²) in [6, 6.07) is 0. The first-order chi connectivity index (χ1) is 2.30. The van der Waals surface area contributed by atoms with Crippen LogP contribution in [0.1, 0.15) is 0 Å². The van der Waals surface area contributed by atoms with Crippen LogP contribution < -0.4 is 11.6 Å². The monoisotopic (exact) mass is 73.1 g/mol. The van der Waals surface area contributed by atoms with Gasteiger partial charge in [-0.3, -0.25) is 5.84 Å². The number of nitrogens with two attached hydrogens (primary N) is 2. The minimum atomic E-state index is 0.162. The lowest BCUT2D eigenvalue weighted by Gasteiger charge is -1.77. The van der Waals surface area contributed by atoms with Crippen molar-refractivity contribution >= 4 is 0 Å². The third-order valence-corrected chi connectivity index (χ3v) is 0.690. The molecule has 30 valence electrons. The van der Waals surface area contributed by atoms with Crippen molar-refractivity contribution in [2.45, 2.75) is 6.17 Å². The molecule has 0 amide bonds. The van der Waals surface area contributed by atoms with Crippen molar-refractivity contribution in [3.05, 3.63) is 0 Å². The van der Waals surface area contributed by atoms with Crippen molar-refractivity contribution < 1.29 is 0 Å². The molecule has 1 rings (SSSR count). The molecule has 0 saturated carbocycles. The predicted octanol–water partition coefficient (Wildman–Crippen LogP) is -1.54. The van der Waals surface area contributed by atoms with Crippen LogP contribution in [0.5, 0.6) is 0 Å². The molecule has 0 aliphatic carbocycles. The zero-order valence-corrected chi connectivity index (χ0v) is 2.89. The Morgan fingerprint density at radius 3 is 2.00 bits per heavy atom. The third-order valence-electron chi connectivity index (χ3n) is 0.690. The molecule has 3 heteroatoms. The minimum absolute atomic E-state index is 0.162. The molecule has 1 aliphatic rings. The Bertz CT molecular complexity index is 38.2. The van der Waals surface area contributed by atoms with Gasteiger partial charge >= 0.3 is 0 Å². The Morgan fingerprint density at radius 1 is 1.80 bits per heavy atom. The van der Waals surface area contributed by atoms with Gasteiger partial charge in [-0.1, -0.05) is 0 Å². The maximum Gasteiger partial charge on any atom is 0.0850 e. The predicted molar refractivity (Wildman–Crippen MR) is 18.9 cm³/mol. The van der Waals surface area contributed by atoms with Gasteiger partial charge in [0.05, 0.1) is 6.17 Å². The maximum absolute atomic E-state index is 5.17. The lowest BCUT2D eigenvalue weighted by Crippen LogP contribution is -2.15. The Morgan fingerprint density at radius 2 is 2.00 bits per heavy atom. The fraction of sp³-hybridized carbons (Fsp3) is 1.00. The van der Waals surface area contributed by atoms with Crippen molar-refractivity contribution in [1.82, 2.24) is 5.01 Å². The highest BCUT2D eigenvalue weighted by atomic mass is 15.6. The highest BCUT2D eigenvalue weighted by molar-refractivity contribution is 4.75. The minimum Gasteiger partial charge on any atom is -0.314 e. The normalized spacial score (nSPS) is 49.2. The molecule has 5 heavy (non-hydrogen) atoms. The summed E-state index contributed by atoms with van der Waals surface area (Å²) < 4.78 is 0. The lowest BCUT2D eigenvalue weighted by atomic mass is 10.8. The fourth-order valence-corrected chi connectivity index (χ4v) is 0.169. The first kappa shape index (κ1) is 3.08. The van der Waals surface area contributed by atoms with Gasteiger partial charge in [0.1, 0.15) is 0 Å². The number of hydrogen-bond acceptors (Lipinski definition) is 3. The molecule has 1 aliphatic heterocycles. The third kappa shape index (κ3) is 0.397. The lowest BCUT2D eigenvalue weighted by molar-refractivity contribution is 0.545. The largest absolute Gasteiger partial charge is 0.314 e. The molecule has 1 fully saturated rings. The van der Waals surface area contributed by atoms with Crippen molar-refractivity contribution in [3.63, 3.8) is 0 Å². The molecule has 4 N–H and O–H groups in total.